The highest BCUT2D eigenvalue weighted by Gasteiger charge is 2.24. The lowest BCUT2D eigenvalue weighted by atomic mass is 10.2. The van der Waals surface area contributed by atoms with Crippen LogP contribution in [0.4, 0.5) is 15.0 Å². The molecular weight excluding hydrogens is 391 g/mol. The summed E-state index contributed by atoms with van der Waals surface area (Å²) in [5.41, 5.74) is 1.67. The Bertz CT molecular complexity index is 1060. The van der Waals surface area contributed by atoms with E-state index in [1.54, 1.807) is 15.6 Å². The van der Waals surface area contributed by atoms with Gasteiger partial charge in [0.1, 0.15) is 11.6 Å². The van der Waals surface area contributed by atoms with Crippen LogP contribution >= 0.6 is 0 Å². The van der Waals surface area contributed by atoms with E-state index in [0.29, 0.717) is 49.0 Å². The van der Waals surface area contributed by atoms with Gasteiger partial charge < -0.3 is 19.3 Å². The Labute approximate surface area is 173 Å². The Kier molecular flexibility index (Phi) is 5.39. The number of hydrogen-bond acceptors (Lipinski definition) is 7. The molecule has 3 aromatic rings. The number of pyridine rings is 1. The summed E-state index contributed by atoms with van der Waals surface area (Å²) in [5, 5.41) is 4.70. The Hall–Kier alpha value is -3.43. The maximum absolute atomic E-state index is 13.8. The van der Waals surface area contributed by atoms with Gasteiger partial charge in [-0.05, 0) is 32.0 Å². The van der Waals surface area contributed by atoms with Crippen molar-refractivity contribution in [3.05, 3.63) is 36.4 Å². The molecule has 0 spiro atoms. The molecule has 0 aromatic carbocycles. The minimum Gasteiger partial charge on any atom is -0.481 e. The zero-order valence-electron chi connectivity index (χ0n) is 17.1. The van der Waals surface area contributed by atoms with Crippen LogP contribution in [-0.2, 0) is 4.74 Å². The van der Waals surface area contributed by atoms with Gasteiger partial charge in [-0.25, -0.2) is 23.7 Å². The maximum Gasteiger partial charge on any atom is 0.410 e. The maximum atomic E-state index is 13.8. The third-order valence-electron chi connectivity index (χ3n) is 4.83. The minimum atomic E-state index is -0.471. The van der Waals surface area contributed by atoms with Crippen molar-refractivity contribution in [2.75, 3.05) is 38.2 Å². The van der Waals surface area contributed by atoms with Crippen molar-refractivity contribution < 1.29 is 18.7 Å². The van der Waals surface area contributed by atoms with Crippen LogP contribution in [0.25, 0.3) is 16.9 Å². The number of nitrogens with zero attached hydrogens (tertiary/aromatic N) is 6. The zero-order valence-corrected chi connectivity index (χ0v) is 17.1. The second-order valence-electron chi connectivity index (χ2n) is 7.22. The van der Waals surface area contributed by atoms with Crippen molar-refractivity contribution in [1.82, 2.24) is 24.5 Å². The number of carbonyl (C=O) groups excluding carboxylic acids is 1. The summed E-state index contributed by atoms with van der Waals surface area (Å²) < 4.78 is 26.0. The van der Waals surface area contributed by atoms with Crippen LogP contribution in [0.15, 0.2) is 30.6 Å². The van der Waals surface area contributed by atoms with Gasteiger partial charge in [0.15, 0.2) is 5.65 Å². The lowest BCUT2D eigenvalue weighted by Crippen LogP contribution is -2.49. The third kappa shape index (κ3) is 3.85. The number of hydrogen-bond donors (Lipinski definition) is 0. The van der Waals surface area contributed by atoms with E-state index in [9.17, 15) is 9.18 Å². The standard InChI is InChI=1S/C20H23FN6O3/c1-13(2)30-20(28)26-8-6-25(7-9-26)18-5-4-17-22-12-16(27(17)24-18)15-10-14(21)11-23-19(15)29-3/h4-5,10-13H,6-9H2,1-3H3. The van der Waals surface area contributed by atoms with Crippen LogP contribution in [0, 0.1) is 5.82 Å². The fraction of sp³-hybridized carbons (Fsp3) is 0.400. The molecule has 0 N–H and O–H groups in total. The van der Waals surface area contributed by atoms with Gasteiger partial charge in [0, 0.05) is 26.2 Å². The summed E-state index contributed by atoms with van der Waals surface area (Å²) in [6, 6.07) is 5.09. The molecular formula is C20H23FN6O3. The van der Waals surface area contributed by atoms with E-state index in [-0.39, 0.29) is 12.2 Å². The van der Waals surface area contributed by atoms with Crippen molar-refractivity contribution >= 4 is 17.6 Å². The van der Waals surface area contributed by atoms with E-state index in [0.717, 1.165) is 12.0 Å². The number of rotatable bonds is 4. The molecule has 0 radical (unpaired) electrons. The first kappa shape index (κ1) is 19.9. The summed E-state index contributed by atoms with van der Waals surface area (Å²) in [5.74, 6) is 0.561. The highest BCUT2D eigenvalue weighted by Crippen LogP contribution is 2.29. The number of halogens is 1. The molecule has 0 saturated carbocycles. The molecule has 1 fully saturated rings. The number of aromatic nitrogens is 4. The van der Waals surface area contributed by atoms with Crippen LogP contribution in [0.1, 0.15) is 13.8 Å². The summed E-state index contributed by atoms with van der Waals surface area (Å²) in [4.78, 5) is 24.2. The van der Waals surface area contributed by atoms with Crippen LogP contribution in [-0.4, -0.2) is 70.0 Å². The van der Waals surface area contributed by atoms with Gasteiger partial charge in [0.2, 0.25) is 5.88 Å². The van der Waals surface area contributed by atoms with Crippen molar-refractivity contribution in [2.45, 2.75) is 20.0 Å². The molecule has 0 unspecified atom stereocenters. The first-order chi connectivity index (χ1) is 14.5. The molecule has 1 aliphatic rings. The molecule has 10 heteroatoms. The number of methoxy groups -OCH3 is 1. The monoisotopic (exact) mass is 414 g/mol. The number of piperazine rings is 1. The number of amides is 1. The first-order valence-corrected chi connectivity index (χ1v) is 9.71. The third-order valence-corrected chi connectivity index (χ3v) is 4.83. The summed E-state index contributed by atoms with van der Waals surface area (Å²) in [7, 11) is 1.48. The first-order valence-electron chi connectivity index (χ1n) is 9.71. The average Bonchev–Trinajstić information content (AvgIpc) is 3.16. The van der Waals surface area contributed by atoms with E-state index in [1.807, 2.05) is 26.0 Å². The molecule has 0 atom stereocenters. The van der Waals surface area contributed by atoms with Gasteiger partial charge in [-0.15, -0.1) is 5.10 Å². The average molecular weight is 414 g/mol. The number of imidazole rings is 1. The molecule has 4 heterocycles. The van der Waals surface area contributed by atoms with Gasteiger partial charge in [-0.2, -0.15) is 0 Å². The van der Waals surface area contributed by atoms with Gasteiger partial charge in [-0.3, -0.25) is 0 Å². The Morgan fingerprint density at radius 2 is 1.90 bits per heavy atom. The SMILES string of the molecule is COc1ncc(F)cc1-c1cnc2ccc(N3CCN(C(=O)OC(C)C)CC3)nn12. The van der Waals surface area contributed by atoms with Gasteiger partial charge in [0.05, 0.1) is 36.9 Å². The second-order valence-corrected chi connectivity index (χ2v) is 7.22. The van der Waals surface area contributed by atoms with Crippen LogP contribution in [0.2, 0.25) is 0 Å². The number of carbonyl (C=O) groups is 1. The summed E-state index contributed by atoms with van der Waals surface area (Å²) in [6.45, 7) is 6.01. The normalized spacial score (nSPS) is 14.4. The smallest absolute Gasteiger partial charge is 0.410 e. The van der Waals surface area contributed by atoms with Gasteiger partial charge >= 0.3 is 6.09 Å². The molecule has 0 bridgehead atoms. The molecule has 9 nitrogen and oxygen atoms in total. The number of fused-ring (bicyclic) bond motifs is 1. The van der Waals surface area contributed by atoms with E-state index in [4.69, 9.17) is 14.6 Å². The van der Waals surface area contributed by atoms with Gasteiger partial charge in [-0.1, -0.05) is 0 Å². The molecule has 30 heavy (non-hydrogen) atoms. The van der Waals surface area contributed by atoms with Crippen LogP contribution in [0.3, 0.4) is 0 Å². The minimum absolute atomic E-state index is 0.145. The van der Waals surface area contributed by atoms with Crippen LogP contribution in [0.5, 0.6) is 5.88 Å². The van der Waals surface area contributed by atoms with Crippen molar-refractivity contribution in [3.63, 3.8) is 0 Å². The lowest BCUT2D eigenvalue weighted by Gasteiger charge is -2.35. The molecule has 1 aliphatic heterocycles. The summed E-state index contributed by atoms with van der Waals surface area (Å²) in [6.07, 6.45) is 2.28. The summed E-state index contributed by atoms with van der Waals surface area (Å²) >= 11 is 0. The zero-order chi connectivity index (χ0) is 21.3. The van der Waals surface area contributed by atoms with E-state index >= 15 is 0 Å². The molecule has 4 rings (SSSR count). The fourth-order valence-electron chi connectivity index (χ4n) is 3.38. The van der Waals surface area contributed by atoms with E-state index < -0.39 is 5.82 Å². The second kappa shape index (κ2) is 8.13. The quantitative estimate of drug-likeness (QED) is 0.649. The van der Waals surface area contributed by atoms with E-state index in [2.05, 4.69) is 14.9 Å². The number of ether oxygens (including phenoxy) is 2. The Balaban J connectivity index is 1.59. The number of anilines is 1. The predicted molar refractivity (Wildman–Crippen MR) is 108 cm³/mol. The lowest BCUT2D eigenvalue weighted by molar-refractivity contribution is 0.0751. The molecule has 158 valence electrons. The largest absolute Gasteiger partial charge is 0.481 e. The van der Waals surface area contributed by atoms with E-state index in [1.165, 1.54) is 13.2 Å². The molecule has 3 aromatic heterocycles. The van der Waals surface area contributed by atoms with Gasteiger partial charge in [0.25, 0.3) is 0 Å². The Morgan fingerprint density at radius 3 is 2.60 bits per heavy atom. The van der Waals surface area contributed by atoms with Crippen LogP contribution < -0.4 is 9.64 Å². The molecule has 1 saturated heterocycles. The fourth-order valence-corrected chi connectivity index (χ4v) is 3.38. The topological polar surface area (TPSA) is 85.1 Å². The van der Waals surface area contributed by atoms with Crippen molar-refractivity contribution in [3.8, 4) is 17.1 Å². The molecule has 1 amide bonds. The van der Waals surface area contributed by atoms with Crippen molar-refractivity contribution in [1.29, 1.82) is 0 Å². The molecule has 0 aliphatic carbocycles. The predicted octanol–water partition coefficient (Wildman–Crippen LogP) is 2.61. The Morgan fingerprint density at radius 1 is 1.13 bits per heavy atom. The highest BCUT2D eigenvalue weighted by molar-refractivity contribution is 5.69. The van der Waals surface area contributed by atoms with Crippen molar-refractivity contribution in [2.24, 2.45) is 0 Å². The highest BCUT2D eigenvalue weighted by atomic mass is 19.1.